The molecule has 4 heterocycles. The number of likely N-dealkylation sites (tertiary alicyclic amines) is 1. The Morgan fingerprint density at radius 3 is 3.09 bits per heavy atom. The number of aryl methyl sites for hydroxylation is 1. The Hall–Kier alpha value is -4.25. The topological polar surface area (TPSA) is 104 Å². The van der Waals surface area contributed by atoms with Gasteiger partial charge in [0.1, 0.15) is 23.4 Å². The number of nitrogens with zero attached hydrogens (tertiary/aromatic N) is 5. The van der Waals surface area contributed by atoms with Gasteiger partial charge >= 0.3 is 5.82 Å². The second-order valence-electron chi connectivity index (χ2n) is 7.90. The van der Waals surface area contributed by atoms with Crippen molar-refractivity contribution in [2.24, 2.45) is 5.92 Å². The number of hydrogen-bond donors (Lipinski definition) is 2. The number of hydrogen-bond acceptors (Lipinski definition) is 5. The fraction of sp³-hybridized carbons (Fsp3) is 0.208. The largest absolute Gasteiger partial charge is 0.383 e. The Kier molecular flexibility index (Phi) is 4.79. The lowest BCUT2D eigenvalue weighted by molar-refractivity contribution is -0.357. The van der Waals surface area contributed by atoms with E-state index in [2.05, 4.69) is 44.6 Å². The molecule has 2 aliphatic heterocycles. The van der Waals surface area contributed by atoms with Gasteiger partial charge in [0.15, 0.2) is 0 Å². The lowest BCUT2D eigenvalue weighted by atomic mass is 10.1. The molecule has 2 aliphatic rings. The molecule has 8 nitrogen and oxygen atoms in total. The van der Waals surface area contributed by atoms with Crippen LogP contribution in [0.25, 0.3) is 16.6 Å². The van der Waals surface area contributed by atoms with Crippen molar-refractivity contribution in [3.63, 3.8) is 0 Å². The molecule has 1 aromatic carbocycles. The second-order valence-corrected chi connectivity index (χ2v) is 7.90. The molecule has 32 heavy (non-hydrogen) atoms. The number of rotatable bonds is 2. The summed E-state index contributed by atoms with van der Waals surface area (Å²) in [4.78, 5) is 30.0. The number of H-pyrrole nitrogens is 1. The molecule has 0 saturated carbocycles. The van der Waals surface area contributed by atoms with Gasteiger partial charge in [-0.25, -0.2) is 9.56 Å². The summed E-state index contributed by atoms with van der Waals surface area (Å²) in [5, 5.41) is 0. The van der Waals surface area contributed by atoms with Gasteiger partial charge in [-0.1, -0.05) is 18.4 Å². The van der Waals surface area contributed by atoms with Crippen molar-refractivity contribution in [3.8, 4) is 11.8 Å². The molecule has 1 amide bonds. The molecular weight excluding hydrogens is 402 g/mol. The van der Waals surface area contributed by atoms with Crippen LogP contribution in [0.4, 0.5) is 11.6 Å². The second kappa shape index (κ2) is 7.78. The van der Waals surface area contributed by atoms with Gasteiger partial charge in [-0.2, -0.15) is 4.98 Å². The van der Waals surface area contributed by atoms with Gasteiger partial charge in [0.05, 0.1) is 22.8 Å². The number of imidazole rings is 1. The van der Waals surface area contributed by atoms with Gasteiger partial charge in [0.25, 0.3) is 0 Å². The van der Waals surface area contributed by atoms with Crippen LogP contribution in [0.3, 0.4) is 0 Å². The lowest BCUT2D eigenvalue weighted by Crippen LogP contribution is -2.27. The molecule has 2 aromatic heterocycles. The zero-order valence-corrected chi connectivity index (χ0v) is 17.7. The number of nitrogens with two attached hydrogens (primary N) is 1. The summed E-state index contributed by atoms with van der Waals surface area (Å²) < 4.78 is 1.95. The molecule has 3 N–H and O–H groups in total. The normalized spacial score (nSPS) is 18.4. The smallest absolute Gasteiger partial charge is 0.341 e. The monoisotopic (exact) mass is 424 g/mol. The van der Waals surface area contributed by atoms with Crippen molar-refractivity contribution in [3.05, 3.63) is 60.3 Å². The number of aromatic amines is 1. The van der Waals surface area contributed by atoms with Crippen LogP contribution >= 0.6 is 0 Å². The number of fused-ring (bicyclic) bond motifs is 2. The van der Waals surface area contributed by atoms with E-state index in [0.717, 1.165) is 40.0 Å². The van der Waals surface area contributed by atoms with Crippen LogP contribution < -0.4 is 5.73 Å². The highest BCUT2D eigenvalue weighted by Crippen LogP contribution is 2.34. The maximum Gasteiger partial charge on any atom is 0.341 e. The molecule has 3 aromatic rings. The summed E-state index contributed by atoms with van der Waals surface area (Å²) >= 11 is 0. The van der Waals surface area contributed by atoms with Crippen molar-refractivity contribution in [2.45, 2.75) is 13.3 Å². The maximum atomic E-state index is 11.9. The number of amides is 1. The zero-order chi connectivity index (χ0) is 22.2. The van der Waals surface area contributed by atoms with E-state index in [4.69, 9.17) is 5.73 Å². The summed E-state index contributed by atoms with van der Waals surface area (Å²) in [6.07, 6.45) is 7.70. The van der Waals surface area contributed by atoms with Gasteiger partial charge in [-0.15, -0.1) is 0 Å². The Morgan fingerprint density at radius 2 is 2.25 bits per heavy atom. The highest BCUT2D eigenvalue weighted by molar-refractivity contribution is 5.91. The molecule has 158 valence electrons. The standard InChI is InChI=1S/C24H22N7O/c1-3-21(32)30-9-8-17(11-30)12-31-13-18(22-23(25)26-14-27-24(22)31)6-4-16-5-7-19-20(10-16)29-15(2)28-19/h3,5,7,10,12-14,17H,1,8-9,11H2,2H3,(H,28,29)(H2,25,26,27)/q+1/b31-12+. The molecule has 5 rings (SSSR count). The van der Waals surface area contributed by atoms with Crippen molar-refractivity contribution in [2.75, 3.05) is 18.8 Å². The first-order valence-corrected chi connectivity index (χ1v) is 10.4. The first-order chi connectivity index (χ1) is 15.5. The number of carbonyl (C=O) groups is 1. The van der Waals surface area contributed by atoms with Crippen LogP contribution in [0.15, 0.2) is 43.4 Å². The molecule has 1 fully saturated rings. The van der Waals surface area contributed by atoms with E-state index >= 15 is 0 Å². The van der Waals surface area contributed by atoms with Crippen LogP contribution in [0.5, 0.6) is 0 Å². The number of nitrogens with one attached hydrogen (secondary N) is 1. The number of nitrogen functional groups attached to an aromatic ring is 1. The Morgan fingerprint density at radius 1 is 1.38 bits per heavy atom. The molecule has 1 saturated heterocycles. The quantitative estimate of drug-likeness (QED) is 0.374. The number of carbonyl (C=O) groups excluding carboxylic acids is 1. The first-order valence-electron chi connectivity index (χ1n) is 10.4. The van der Waals surface area contributed by atoms with E-state index in [1.165, 1.54) is 12.4 Å². The molecule has 8 heteroatoms. The van der Waals surface area contributed by atoms with Gasteiger partial charge in [0, 0.05) is 24.6 Å². The molecule has 0 radical (unpaired) electrons. The van der Waals surface area contributed by atoms with Gasteiger partial charge in [0.2, 0.25) is 12.2 Å². The fourth-order valence-corrected chi connectivity index (χ4v) is 4.13. The third-order valence-corrected chi connectivity index (χ3v) is 5.66. The molecule has 0 spiro atoms. The van der Waals surface area contributed by atoms with E-state index in [9.17, 15) is 4.79 Å². The molecule has 0 aliphatic carbocycles. The van der Waals surface area contributed by atoms with Gasteiger partial charge in [-0.05, 0) is 42.6 Å². The maximum absolute atomic E-state index is 11.9. The number of aromatic nitrogens is 4. The van der Waals surface area contributed by atoms with Gasteiger partial charge in [-0.3, -0.25) is 4.79 Å². The van der Waals surface area contributed by atoms with Crippen molar-refractivity contribution in [1.29, 1.82) is 0 Å². The van der Waals surface area contributed by atoms with Crippen LogP contribution in [0, 0.1) is 24.7 Å². The minimum atomic E-state index is -0.0412. The van der Waals surface area contributed by atoms with Crippen molar-refractivity contribution < 1.29 is 9.37 Å². The number of benzene rings is 1. The summed E-state index contributed by atoms with van der Waals surface area (Å²) in [6.45, 7) is 6.86. The Bertz CT molecular complexity index is 1390. The van der Waals surface area contributed by atoms with Crippen LogP contribution in [0.1, 0.15) is 23.4 Å². The Balaban J connectivity index is 1.48. The van der Waals surface area contributed by atoms with Gasteiger partial charge < -0.3 is 15.6 Å². The highest BCUT2D eigenvalue weighted by atomic mass is 16.2. The van der Waals surface area contributed by atoms with Crippen LogP contribution in [0.2, 0.25) is 0 Å². The minimum absolute atomic E-state index is 0.0412. The summed E-state index contributed by atoms with van der Waals surface area (Å²) in [5.41, 5.74) is 10.4. The average molecular weight is 424 g/mol. The van der Waals surface area contributed by atoms with E-state index < -0.39 is 0 Å². The molecule has 1 unspecified atom stereocenters. The first kappa shape index (κ1) is 19.7. The minimum Gasteiger partial charge on any atom is -0.383 e. The molecule has 0 bridgehead atoms. The third kappa shape index (κ3) is 3.54. The van der Waals surface area contributed by atoms with Crippen LogP contribution in [-0.2, 0) is 4.79 Å². The summed E-state index contributed by atoms with van der Waals surface area (Å²) in [6, 6.07) is 5.90. The predicted octanol–water partition coefficient (Wildman–Crippen LogP) is 2.40. The average Bonchev–Trinajstić information content (AvgIpc) is 3.49. The number of allylic oxidation sites excluding steroid dienone is 1. The Labute approximate surface area is 185 Å². The van der Waals surface area contributed by atoms with Crippen molar-refractivity contribution >= 4 is 40.4 Å². The summed E-state index contributed by atoms with van der Waals surface area (Å²) in [7, 11) is 0. The number of anilines is 1. The van der Waals surface area contributed by atoms with Crippen LogP contribution in [-0.4, -0.2) is 54.6 Å². The molecule has 1 atom stereocenters. The van der Waals surface area contributed by atoms with E-state index in [1.54, 1.807) is 4.90 Å². The SMILES string of the molecule is C=CC(=O)N1CCC(/C=[N+]2\C=C(C#Cc3ccc4[nH]c(C)nc4c3)c3c(N)ncnc32)C1. The lowest BCUT2D eigenvalue weighted by Gasteiger charge is -2.12. The van der Waals surface area contributed by atoms with E-state index in [0.29, 0.717) is 24.7 Å². The van der Waals surface area contributed by atoms with E-state index in [-0.39, 0.29) is 11.8 Å². The van der Waals surface area contributed by atoms with Crippen molar-refractivity contribution in [1.82, 2.24) is 24.8 Å². The fourth-order valence-electron chi connectivity index (χ4n) is 4.13. The third-order valence-electron chi connectivity index (χ3n) is 5.66. The summed E-state index contributed by atoms with van der Waals surface area (Å²) in [5.74, 6) is 8.57. The zero-order valence-electron chi connectivity index (χ0n) is 17.7. The molecular formula is C24H22N7O+. The predicted molar refractivity (Wildman–Crippen MR) is 123 cm³/mol. The highest BCUT2D eigenvalue weighted by Gasteiger charge is 2.32. The van der Waals surface area contributed by atoms with E-state index in [1.807, 2.05) is 35.9 Å².